The van der Waals surface area contributed by atoms with Gasteiger partial charge in [0.15, 0.2) is 0 Å². The summed E-state index contributed by atoms with van der Waals surface area (Å²) in [5.41, 5.74) is 3.28. The predicted molar refractivity (Wildman–Crippen MR) is 117 cm³/mol. The zero-order valence-corrected chi connectivity index (χ0v) is 17.7. The van der Waals surface area contributed by atoms with Crippen molar-refractivity contribution in [1.82, 2.24) is 4.90 Å². The maximum absolute atomic E-state index is 13.6. The molecule has 0 aliphatic carbocycles. The number of hydrogen-bond donors (Lipinski definition) is 0. The molecule has 4 rings (SSSR count). The average molecular weight is 415 g/mol. The number of halogens is 2. The van der Waals surface area contributed by atoms with Gasteiger partial charge in [-0.2, -0.15) is 0 Å². The molecule has 2 aliphatic rings. The number of likely N-dealkylation sites (tertiary alicyclic amines) is 1. The highest BCUT2D eigenvalue weighted by Crippen LogP contribution is 2.44. The molecule has 1 saturated heterocycles. The Balaban J connectivity index is 1.25. The van der Waals surface area contributed by atoms with E-state index in [2.05, 4.69) is 11.8 Å². The van der Waals surface area contributed by atoms with E-state index in [0.717, 1.165) is 48.8 Å². The van der Waals surface area contributed by atoms with Crippen LogP contribution in [0.2, 0.25) is 0 Å². The third kappa shape index (κ3) is 4.89. The highest BCUT2D eigenvalue weighted by molar-refractivity contribution is 7.99. The Labute approximate surface area is 176 Å². The van der Waals surface area contributed by atoms with Gasteiger partial charge in [-0.3, -0.25) is 4.99 Å². The summed E-state index contributed by atoms with van der Waals surface area (Å²) >= 11 is 1.80. The number of rotatable bonds is 7. The number of fused-ring (bicyclic) bond motifs is 1. The van der Waals surface area contributed by atoms with Gasteiger partial charge in [0.1, 0.15) is 11.6 Å². The number of benzene rings is 2. The molecule has 5 heteroatoms. The van der Waals surface area contributed by atoms with Crippen LogP contribution in [-0.4, -0.2) is 36.0 Å². The predicted octanol–water partition coefficient (Wildman–Crippen LogP) is 6.44. The number of aliphatic imine (C=N–C) groups is 1. The van der Waals surface area contributed by atoms with Crippen molar-refractivity contribution < 1.29 is 8.78 Å². The molecule has 1 fully saturated rings. The minimum absolute atomic E-state index is 0.177. The van der Waals surface area contributed by atoms with Crippen molar-refractivity contribution in [3.05, 3.63) is 59.7 Å². The number of thioether (sulfide) groups is 1. The van der Waals surface area contributed by atoms with Gasteiger partial charge in [-0.15, -0.1) is 11.8 Å². The Morgan fingerprint density at radius 3 is 2.48 bits per heavy atom. The highest BCUT2D eigenvalue weighted by atomic mass is 32.2. The molecule has 1 atom stereocenters. The molecule has 2 aliphatic heterocycles. The van der Waals surface area contributed by atoms with Gasteiger partial charge in [-0.25, -0.2) is 8.78 Å². The van der Waals surface area contributed by atoms with Crippen LogP contribution in [0.25, 0.3) is 0 Å². The standard InChI is InChI=1S/C24H28F2N2S/c1-2-22-24(21-9-6-19(26)16-23(21)27-22)17-10-13-28(14-11-17)12-3-15-29-20-7-4-18(25)5-8-20/h4-9,16-17,24H,2-3,10-15H2,1H3. The van der Waals surface area contributed by atoms with E-state index in [1.807, 2.05) is 18.2 Å². The van der Waals surface area contributed by atoms with Crippen LogP contribution in [0.4, 0.5) is 14.5 Å². The maximum Gasteiger partial charge on any atom is 0.125 e. The lowest BCUT2D eigenvalue weighted by molar-refractivity contribution is 0.180. The van der Waals surface area contributed by atoms with Gasteiger partial charge in [0.05, 0.1) is 5.69 Å². The van der Waals surface area contributed by atoms with Gasteiger partial charge in [-0.05, 0) is 98.9 Å². The molecule has 0 spiro atoms. The third-order valence-electron chi connectivity index (χ3n) is 6.12. The summed E-state index contributed by atoms with van der Waals surface area (Å²) in [5, 5.41) is 0. The second-order valence-corrected chi connectivity index (χ2v) is 9.14. The molecule has 2 heterocycles. The van der Waals surface area contributed by atoms with Crippen LogP contribution in [0.1, 0.15) is 44.1 Å². The lowest BCUT2D eigenvalue weighted by Crippen LogP contribution is -2.37. The fourth-order valence-electron chi connectivity index (χ4n) is 4.62. The number of piperidine rings is 1. The van der Waals surface area contributed by atoms with Crippen LogP contribution in [0, 0.1) is 17.6 Å². The van der Waals surface area contributed by atoms with Crippen LogP contribution in [-0.2, 0) is 0 Å². The summed E-state index contributed by atoms with van der Waals surface area (Å²) in [7, 11) is 0. The minimum atomic E-state index is -0.197. The van der Waals surface area contributed by atoms with Crippen LogP contribution in [0.15, 0.2) is 52.4 Å². The van der Waals surface area contributed by atoms with E-state index in [1.165, 1.54) is 36.2 Å². The minimum Gasteiger partial charge on any atom is -0.303 e. The lowest BCUT2D eigenvalue weighted by atomic mass is 9.77. The zero-order valence-electron chi connectivity index (χ0n) is 16.9. The molecule has 2 nitrogen and oxygen atoms in total. The van der Waals surface area contributed by atoms with E-state index in [-0.39, 0.29) is 11.6 Å². The summed E-state index contributed by atoms with van der Waals surface area (Å²) in [6.07, 6.45) is 4.42. The summed E-state index contributed by atoms with van der Waals surface area (Å²) in [6.45, 7) is 5.51. The van der Waals surface area contributed by atoms with E-state index >= 15 is 0 Å². The lowest BCUT2D eigenvalue weighted by Gasteiger charge is -2.35. The number of nitrogens with zero attached hydrogens (tertiary/aromatic N) is 2. The fourth-order valence-corrected chi connectivity index (χ4v) is 5.46. The van der Waals surface area contributed by atoms with Gasteiger partial charge in [0, 0.05) is 16.5 Å². The first kappa shape index (κ1) is 20.5. The van der Waals surface area contributed by atoms with E-state index in [1.54, 1.807) is 23.9 Å². The fraction of sp³-hybridized carbons (Fsp3) is 0.458. The van der Waals surface area contributed by atoms with E-state index < -0.39 is 0 Å². The molecule has 0 amide bonds. The van der Waals surface area contributed by atoms with E-state index in [9.17, 15) is 8.78 Å². The van der Waals surface area contributed by atoms with Crippen molar-refractivity contribution in [1.29, 1.82) is 0 Å². The molecular weight excluding hydrogens is 386 g/mol. The largest absolute Gasteiger partial charge is 0.303 e. The van der Waals surface area contributed by atoms with Crippen molar-refractivity contribution in [2.24, 2.45) is 10.9 Å². The van der Waals surface area contributed by atoms with Crippen molar-refractivity contribution in [2.75, 3.05) is 25.4 Å². The second kappa shape index (κ2) is 9.40. The van der Waals surface area contributed by atoms with Gasteiger partial charge in [-0.1, -0.05) is 13.0 Å². The Kier molecular flexibility index (Phi) is 6.66. The summed E-state index contributed by atoms with van der Waals surface area (Å²) in [5.74, 6) is 1.65. The molecule has 0 aromatic heterocycles. The van der Waals surface area contributed by atoms with Crippen LogP contribution in [0.3, 0.4) is 0 Å². The molecule has 154 valence electrons. The van der Waals surface area contributed by atoms with Crippen LogP contribution in [0.5, 0.6) is 0 Å². The molecule has 0 radical (unpaired) electrons. The molecule has 0 bridgehead atoms. The van der Waals surface area contributed by atoms with Crippen molar-refractivity contribution in [2.45, 2.75) is 43.4 Å². The van der Waals surface area contributed by atoms with Crippen molar-refractivity contribution in [3.63, 3.8) is 0 Å². The molecule has 29 heavy (non-hydrogen) atoms. The SMILES string of the molecule is CCC1=Nc2cc(F)ccc2C1C1CCN(CCCSc2ccc(F)cc2)CC1. The second-order valence-electron chi connectivity index (χ2n) is 7.97. The molecule has 2 aromatic carbocycles. The van der Waals surface area contributed by atoms with E-state index in [0.29, 0.717) is 11.8 Å². The quantitative estimate of drug-likeness (QED) is 0.383. The third-order valence-corrected chi connectivity index (χ3v) is 7.22. The van der Waals surface area contributed by atoms with E-state index in [4.69, 9.17) is 4.99 Å². The number of hydrogen-bond acceptors (Lipinski definition) is 3. The van der Waals surface area contributed by atoms with Crippen molar-refractivity contribution in [3.8, 4) is 0 Å². The van der Waals surface area contributed by atoms with Crippen LogP contribution >= 0.6 is 11.8 Å². The first-order valence-corrected chi connectivity index (χ1v) is 11.6. The van der Waals surface area contributed by atoms with Crippen LogP contribution < -0.4 is 0 Å². The molecule has 0 saturated carbocycles. The first-order chi connectivity index (χ1) is 14.1. The normalized spacial score (nSPS) is 20.0. The summed E-state index contributed by atoms with van der Waals surface area (Å²) < 4.78 is 26.6. The Morgan fingerprint density at radius 1 is 1.03 bits per heavy atom. The maximum atomic E-state index is 13.6. The van der Waals surface area contributed by atoms with Gasteiger partial charge in [0.25, 0.3) is 0 Å². The average Bonchev–Trinajstić information content (AvgIpc) is 3.10. The monoisotopic (exact) mass is 414 g/mol. The smallest absolute Gasteiger partial charge is 0.125 e. The highest BCUT2D eigenvalue weighted by Gasteiger charge is 2.35. The van der Waals surface area contributed by atoms with Gasteiger partial charge < -0.3 is 4.90 Å². The van der Waals surface area contributed by atoms with Crippen molar-refractivity contribution >= 4 is 23.2 Å². The Bertz CT molecular complexity index is 858. The topological polar surface area (TPSA) is 15.6 Å². The molecule has 1 unspecified atom stereocenters. The molecular formula is C24H28F2N2S. The first-order valence-electron chi connectivity index (χ1n) is 10.6. The zero-order chi connectivity index (χ0) is 20.2. The Morgan fingerprint density at radius 2 is 1.76 bits per heavy atom. The van der Waals surface area contributed by atoms with Gasteiger partial charge in [0.2, 0.25) is 0 Å². The molecule has 2 aromatic rings. The molecule has 0 N–H and O–H groups in total. The van der Waals surface area contributed by atoms with Gasteiger partial charge >= 0.3 is 0 Å². The Hall–Kier alpha value is -1.72. The summed E-state index contributed by atoms with van der Waals surface area (Å²) in [6, 6.07) is 11.9. The summed E-state index contributed by atoms with van der Waals surface area (Å²) in [4.78, 5) is 8.43.